The van der Waals surface area contributed by atoms with Gasteiger partial charge in [0.1, 0.15) is 29.7 Å². The standard InChI is InChI=1S/C36H54N4O11/c1-25(2)22-30(39-33(43)31(41)29(23-26-10-8-7-9-11-26)40-35(45)51-36(3,4)5)32(42)37-14-15-47-16-17-48-18-19-49-20-21-50-27-12-13-28(38-24-27)34(44)46-6/h7-13,24-25,29-31,41H,14-23H2,1-6H3,(H,37,42)(H,39,43)(H,40,45)/t29-,30+,31+/m1/s1. The van der Waals surface area contributed by atoms with Crippen molar-refractivity contribution in [1.82, 2.24) is 20.9 Å². The number of aliphatic hydroxyl groups is 1. The van der Waals surface area contributed by atoms with Crippen LogP contribution in [0.15, 0.2) is 48.7 Å². The Balaban J connectivity index is 1.68. The molecule has 0 saturated heterocycles. The number of rotatable bonds is 23. The number of alkyl carbamates (subject to hydrolysis) is 1. The molecule has 4 N–H and O–H groups in total. The van der Waals surface area contributed by atoms with Gasteiger partial charge in [-0.2, -0.15) is 0 Å². The van der Waals surface area contributed by atoms with Gasteiger partial charge in [0.25, 0.3) is 5.91 Å². The van der Waals surface area contributed by atoms with Crippen LogP contribution in [-0.2, 0) is 39.7 Å². The third-order valence-electron chi connectivity index (χ3n) is 6.91. The van der Waals surface area contributed by atoms with Crippen LogP contribution in [-0.4, -0.2) is 118 Å². The lowest BCUT2D eigenvalue weighted by Crippen LogP contribution is -2.56. The fourth-order valence-electron chi connectivity index (χ4n) is 4.53. The molecule has 15 nitrogen and oxygen atoms in total. The first-order chi connectivity index (χ1) is 24.3. The average Bonchev–Trinajstić information content (AvgIpc) is 3.08. The Morgan fingerprint density at radius 2 is 1.45 bits per heavy atom. The van der Waals surface area contributed by atoms with Gasteiger partial charge in [0.15, 0.2) is 6.10 Å². The van der Waals surface area contributed by atoms with Crippen molar-refractivity contribution in [2.45, 2.75) is 71.2 Å². The summed E-state index contributed by atoms with van der Waals surface area (Å²) in [6, 6.07) is 10.3. The summed E-state index contributed by atoms with van der Waals surface area (Å²) in [5.74, 6) is -1.16. The van der Waals surface area contributed by atoms with Crippen molar-refractivity contribution >= 4 is 23.9 Å². The lowest BCUT2D eigenvalue weighted by Gasteiger charge is -2.28. The number of benzene rings is 1. The molecule has 0 fully saturated rings. The molecular formula is C36H54N4O11. The van der Waals surface area contributed by atoms with Gasteiger partial charge in [-0.15, -0.1) is 0 Å². The summed E-state index contributed by atoms with van der Waals surface area (Å²) in [4.78, 5) is 54.2. The van der Waals surface area contributed by atoms with E-state index in [4.69, 9.17) is 23.7 Å². The maximum atomic E-state index is 13.2. The third kappa shape index (κ3) is 18.5. The van der Waals surface area contributed by atoms with Crippen molar-refractivity contribution in [3.63, 3.8) is 0 Å². The molecule has 51 heavy (non-hydrogen) atoms. The largest absolute Gasteiger partial charge is 0.490 e. The van der Waals surface area contributed by atoms with Crippen LogP contribution in [0.1, 0.15) is 57.1 Å². The number of carbonyl (C=O) groups excluding carboxylic acids is 4. The summed E-state index contributed by atoms with van der Waals surface area (Å²) in [6.45, 7) is 11.4. The number of nitrogens with zero attached hydrogens (tertiary/aromatic N) is 1. The van der Waals surface area contributed by atoms with E-state index in [-0.39, 0.29) is 31.2 Å². The predicted octanol–water partition coefficient (Wildman–Crippen LogP) is 2.44. The van der Waals surface area contributed by atoms with Crippen LogP contribution in [0.4, 0.5) is 4.79 Å². The van der Waals surface area contributed by atoms with E-state index in [1.165, 1.54) is 19.4 Å². The molecule has 2 rings (SSSR count). The number of aliphatic hydroxyl groups excluding tert-OH is 1. The third-order valence-corrected chi connectivity index (χ3v) is 6.91. The van der Waals surface area contributed by atoms with Gasteiger partial charge in [-0.05, 0) is 57.2 Å². The highest BCUT2D eigenvalue weighted by atomic mass is 16.6. The van der Waals surface area contributed by atoms with Crippen LogP contribution in [0.3, 0.4) is 0 Å². The van der Waals surface area contributed by atoms with Crippen LogP contribution in [0, 0.1) is 5.92 Å². The normalized spacial score (nSPS) is 13.1. The van der Waals surface area contributed by atoms with Crippen LogP contribution in [0.2, 0.25) is 0 Å². The molecule has 0 aliphatic carbocycles. The van der Waals surface area contributed by atoms with Crippen LogP contribution in [0.5, 0.6) is 5.75 Å². The molecule has 0 saturated carbocycles. The number of carbonyl (C=O) groups is 4. The molecule has 0 unspecified atom stereocenters. The quantitative estimate of drug-likeness (QED) is 0.0971. The Kier molecular flexibility index (Phi) is 19.5. The minimum absolute atomic E-state index is 0.0621. The fraction of sp³-hybridized carbons (Fsp3) is 0.583. The molecule has 0 radical (unpaired) electrons. The van der Waals surface area contributed by atoms with Crippen molar-refractivity contribution < 1.29 is 52.7 Å². The number of esters is 1. The van der Waals surface area contributed by atoms with E-state index in [2.05, 4.69) is 25.7 Å². The summed E-state index contributed by atoms with van der Waals surface area (Å²) in [5, 5.41) is 19.1. The van der Waals surface area contributed by atoms with Crippen LogP contribution in [0.25, 0.3) is 0 Å². The van der Waals surface area contributed by atoms with E-state index in [9.17, 15) is 24.3 Å². The maximum absolute atomic E-state index is 13.2. The Labute approximate surface area is 300 Å². The number of hydrogen-bond acceptors (Lipinski definition) is 12. The molecule has 3 amide bonds. The molecule has 3 atom stereocenters. The van der Waals surface area contributed by atoms with Gasteiger partial charge in [-0.1, -0.05) is 44.2 Å². The highest BCUT2D eigenvalue weighted by Gasteiger charge is 2.32. The summed E-state index contributed by atoms with van der Waals surface area (Å²) < 4.78 is 31.9. The van der Waals surface area contributed by atoms with Gasteiger partial charge in [-0.25, -0.2) is 14.6 Å². The fourth-order valence-corrected chi connectivity index (χ4v) is 4.53. The number of amides is 3. The van der Waals surface area contributed by atoms with Crippen LogP contribution >= 0.6 is 0 Å². The first kappa shape index (κ1) is 42.9. The summed E-state index contributed by atoms with van der Waals surface area (Å²) in [6.07, 6.45) is -0.496. The molecule has 0 aliphatic rings. The van der Waals surface area contributed by atoms with E-state index < -0.39 is 47.7 Å². The lowest BCUT2D eigenvalue weighted by atomic mass is 9.99. The second-order valence-electron chi connectivity index (χ2n) is 12.9. The predicted molar refractivity (Wildman–Crippen MR) is 187 cm³/mol. The zero-order valence-electron chi connectivity index (χ0n) is 30.5. The van der Waals surface area contributed by atoms with E-state index in [0.29, 0.717) is 51.8 Å². The summed E-state index contributed by atoms with van der Waals surface area (Å²) >= 11 is 0. The molecule has 284 valence electrons. The molecule has 15 heteroatoms. The molecular weight excluding hydrogens is 664 g/mol. The number of nitrogens with one attached hydrogen (secondary N) is 3. The number of pyridine rings is 1. The second-order valence-corrected chi connectivity index (χ2v) is 12.9. The minimum Gasteiger partial charge on any atom is -0.490 e. The van der Waals surface area contributed by atoms with E-state index >= 15 is 0 Å². The Hall–Kier alpha value is -4.31. The molecule has 2 aromatic rings. The van der Waals surface area contributed by atoms with Crippen molar-refractivity contribution in [2.24, 2.45) is 5.92 Å². The van der Waals surface area contributed by atoms with Crippen molar-refractivity contribution in [3.05, 3.63) is 59.9 Å². The van der Waals surface area contributed by atoms with Gasteiger partial charge >= 0.3 is 12.1 Å². The van der Waals surface area contributed by atoms with Crippen LogP contribution < -0.4 is 20.7 Å². The van der Waals surface area contributed by atoms with E-state index in [1.807, 2.05) is 44.2 Å². The first-order valence-electron chi connectivity index (χ1n) is 17.0. The van der Waals surface area contributed by atoms with Gasteiger partial charge in [0, 0.05) is 6.54 Å². The van der Waals surface area contributed by atoms with Gasteiger partial charge in [0.05, 0.1) is 59.0 Å². The van der Waals surface area contributed by atoms with Gasteiger partial charge < -0.3 is 49.5 Å². The number of methoxy groups -OCH3 is 1. The maximum Gasteiger partial charge on any atom is 0.407 e. The average molecular weight is 719 g/mol. The minimum atomic E-state index is -1.65. The van der Waals surface area contributed by atoms with E-state index in [1.54, 1.807) is 26.8 Å². The lowest BCUT2D eigenvalue weighted by molar-refractivity contribution is -0.135. The highest BCUT2D eigenvalue weighted by molar-refractivity contribution is 5.90. The Morgan fingerprint density at radius 3 is 2.02 bits per heavy atom. The Morgan fingerprint density at radius 1 is 0.824 bits per heavy atom. The van der Waals surface area contributed by atoms with Crippen molar-refractivity contribution in [1.29, 1.82) is 0 Å². The van der Waals surface area contributed by atoms with Gasteiger partial charge in [0.2, 0.25) is 5.91 Å². The molecule has 0 bridgehead atoms. The zero-order valence-corrected chi connectivity index (χ0v) is 30.5. The summed E-state index contributed by atoms with van der Waals surface area (Å²) in [7, 11) is 1.29. The van der Waals surface area contributed by atoms with Gasteiger partial charge in [-0.3, -0.25) is 9.59 Å². The topological polar surface area (TPSA) is 193 Å². The van der Waals surface area contributed by atoms with Crippen molar-refractivity contribution in [3.8, 4) is 5.75 Å². The zero-order chi connectivity index (χ0) is 37.6. The van der Waals surface area contributed by atoms with E-state index in [0.717, 1.165) is 5.56 Å². The molecule has 0 spiro atoms. The smallest absolute Gasteiger partial charge is 0.407 e. The molecule has 1 aromatic carbocycles. The highest BCUT2D eigenvalue weighted by Crippen LogP contribution is 2.13. The number of aromatic nitrogens is 1. The van der Waals surface area contributed by atoms with Crippen molar-refractivity contribution in [2.75, 3.05) is 59.9 Å². The monoisotopic (exact) mass is 718 g/mol. The molecule has 0 aliphatic heterocycles. The first-order valence-corrected chi connectivity index (χ1v) is 17.0. The number of ether oxygens (including phenoxy) is 6. The second kappa shape index (κ2) is 23.2. The summed E-state index contributed by atoms with van der Waals surface area (Å²) in [5.41, 5.74) is 0.214. The number of hydrogen-bond donors (Lipinski definition) is 4. The Bertz CT molecular complexity index is 1320. The molecule has 1 aromatic heterocycles. The molecule has 1 heterocycles. The SMILES string of the molecule is COC(=O)c1ccc(OCCOCCOCCOCCNC(=O)[C@H](CC(C)C)NC(=O)[C@@H](O)[C@@H](Cc2ccccc2)NC(=O)OC(C)(C)C)cn1.